The Bertz CT molecular complexity index is 404. The molecule has 0 nitrogen and oxygen atoms in total. The van der Waals surface area contributed by atoms with Gasteiger partial charge in [0.15, 0.2) is 0 Å². The highest BCUT2D eigenvalue weighted by Crippen LogP contribution is 2.64. The zero-order valence-electron chi connectivity index (χ0n) is 13.0. The number of allylic oxidation sites excluding steroid dienone is 2. The summed E-state index contributed by atoms with van der Waals surface area (Å²) in [6.07, 6.45) is 8.26. The molecule has 0 aromatic carbocycles. The van der Waals surface area contributed by atoms with E-state index >= 15 is 0 Å². The molecular formula is C19H30. The standard InChI is InChI=1S/C19H30/c1-6-15-11-19(5)13(3)8-10-17(19)16-9-7-12(2)14(4)18(15)16/h13,15-18H,2,4,6-11H2,1,3,5H3. The minimum atomic E-state index is 0.612. The molecule has 19 heavy (non-hydrogen) atoms. The average Bonchev–Trinajstić information content (AvgIpc) is 2.69. The SMILES string of the molecule is C=C1CCC2C(C1=C)C(CC)CC1(C)C(C)CCC21. The molecular weight excluding hydrogens is 228 g/mol. The van der Waals surface area contributed by atoms with Crippen molar-refractivity contribution in [1.82, 2.24) is 0 Å². The molecule has 0 saturated heterocycles. The minimum Gasteiger partial charge on any atom is -0.0956 e. The van der Waals surface area contributed by atoms with E-state index in [1.54, 1.807) is 0 Å². The molecule has 0 heterocycles. The van der Waals surface area contributed by atoms with Gasteiger partial charge in [-0.25, -0.2) is 0 Å². The van der Waals surface area contributed by atoms with Crippen molar-refractivity contribution in [3.63, 3.8) is 0 Å². The van der Waals surface area contributed by atoms with Crippen molar-refractivity contribution in [3.05, 3.63) is 24.3 Å². The Morgan fingerprint density at radius 3 is 2.63 bits per heavy atom. The first kappa shape index (κ1) is 13.5. The summed E-state index contributed by atoms with van der Waals surface area (Å²) in [6.45, 7) is 16.2. The Kier molecular flexibility index (Phi) is 3.19. The minimum absolute atomic E-state index is 0.612. The molecule has 0 aromatic heterocycles. The molecule has 0 N–H and O–H groups in total. The van der Waals surface area contributed by atoms with Crippen LogP contribution in [-0.4, -0.2) is 0 Å². The molecule has 3 saturated carbocycles. The molecule has 6 unspecified atom stereocenters. The molecule has 3 rings (SSSR count). The molecule has 6 atom stereocenters. The summed E-state index contributed by atoms with van der Waals surface area (Å²) in [5.41, 5.74) is 3.39. The van der Waals surface area contributed by atoms with Crippen molar-refractivity contribution in [1.29, 1.82) is 0 Å². The number of rotatable bonds is 1. The van der Waals surface area contributed by atoms with Crippen LogP contribution in [0.3, 0.4) is 0 Å². The maximum absolute atomic E-state index is 4.43. The van der Waals surface area contributed by atoms with E-state index in [1.807, 2.05) is 0 Å². The van der Waals surface area contributed by atoms with E-state index in [4.69, 9.17) is 0 Å². The van der Waals surface area contributed by atoms with E-state index in [0.717, 1.165) is 29.6 Å². The molecule has 0 aromatic rings. The van der Waals surface area contributed by atoms with Crippen LogP contribution < -0.4 is 0 Å². The van der Waals surface area contributed by atoms with Gasteiger partial charge in [-0.15, -0.1) is 0 Å². The van der Waals surface area contributed by atoms with Crippen molar-refractivity contribution in [2.24, 2.45) is 35.0 Å². The van der Waals surface area contributed by atoms with Gasteiger partial charge >= 0.3 is 0 Å². The van der Waals surface area contributed by atoms with Crippen LogP contribution in [0.25, 0.3) is 0 Å². The number of hydrogen-bond acceptors (Lipinski definition) is 0. The third-order valence-electron chi connectivity index (χ3n) is 7.23. The fourth-order valence-electron chi connectivity index (χ4n) is 5.86. The van der Waals surface area contributed by atoms with Gasteiger partial charge in [0.25, 0.3) is 0 Å². The fourth-order valence-corrected chi connectivity index (χ4v) is 5.86. The highest BCUT2D eigenvalue weighted by Gasteiger charge is 2.56. The summed E-state index contributed by atoms with van der Waals surface area (Å²) >= 11 is 0. The first-order chi connectivity index (χ1) is 8.99. The monoisotopic (exact) mass is 258 g/mol. The number of fused-ring (bicyclic) bond motifs is 3. The van der Waals surface area contributed by atoms with Gasteiger partial charge in [-0.3, -0.25) is 0 Å². The van der Waals surface area contributed by atoms with Crippen LogP contribution in [0.1, 0.15) is 59.3 Å². The van der Waals surface area contributed by atoms with Gasteiger partial charge in [0.2, 0.25) is 0 Å². The van der Waals surface area contributed by atoms with Gasteiger partial charge in [-0.05, 0) is 72.7 Å². The maximum Gasteiger partial charge on any atom is -0.0106 e. The molecule has 0 bridgehead atoms. The fraction of sp³-hybridized carbons (Fsp3) is 0.789. The van der Waals surface area contributed by atoms with Crippen molar-refractivity contribution < 1.29 is 0 Å². The smallest absolute Gasteiger partial charge is 0.0106 e. The van der Waals surface area contributed by atoms with Crippen LogP contribution in [0.15, 0.2) is 24.3 Å². The van der Waals surface area contributed by atoms with Crippen LogP contribution in [0.5, 0.6) is 0 Å². The zero-order valence-corrected chi connectivity index (χ0v) is 13.0. The largest absolute Gasteiger partial charge is 0.0956 e. The lowest BCUT2D eigenvalue weighted by atomic mass is 9.50. The topological polar surface area (TPSA) is 0 Å². The lowest BCUT2D eigenvalue weighted by Gasteiger charge is -2.55. The van der Waals surface area contributed by atoms with Crippen LogP contribution in [0.4, 0.5) is 0 Å². The third kappa shape index (κ3) is 1.78. The van der Waals surface area contributed by atoms with E-state index in [2.05, 4.69) is 33.9 Å². The molecule has 3 aliphatic carbocycles. The quantitative estimate of drug-likeness (QED) is 0.573. The van der Waals surface area contributed by atoms with Crippen LogP contribution in [-0.2, 0) is 0 Å². The summed E-state index contributed by atoms with van der Waals surface area (Å²) in [7, 11) is 0. The Balaban J connectivity index is 1.97. The van der Waals surface area contributed by atoms with E-state index in [0.29, 0.717) is 5.41 Å². The zero-order chi connectivity index (χ0) is 13.8. The average molecular weight is 258 g/mol. The highest BCUT2D eigenvalue weighted by atomic mass is 14.6. The molecule has 0 radical (unpaired) electrons. The Morgan fingerprint density at radius 2 is 1.95 bits per heavy atom. The van der Waals surface area contributed by atoms with Crippen molar-refractivity contribution in [2.75, 3.05) is 0 Å². The molecule has 3 fully saturated rings. The summed E-state index contributed by atoms with van der Waals surface area (Å²) in [5, 5.41) is 0. The molecule has 0 spiro atoms. The molecule has 106 valence electrons. The second-order valence-electron chi connectivity index (χ2n) is 7.82. The highest BCUT2D eigenvalue weighted by molar-refractivity contribution is 5.33. The molecule has 0 aliphatic heterocycles. The predicted molar refractivity (Wildman–Crippen MR) is 82.9 cm³/mol. The van der Waals surface area contributed by atoms with Gasteiger partial charge in [-0.1, -0.05) is 45.9 Å². The first-order valence-electron chi connectivity index (χ1n) is 8.36. The molecule has 3 aliphatic rings. The van der Waals surface area contributed by atoms with E-state index in [-0.39, 0.29) is 0 Å². The number of hydrogen-bond donors (Lipinski definition) is 0. The summed E-state index contributed by atoms with van der Waals surface area (Å²) in [5.74, 6) is 4.41. The van der Waals surface area contributed by atoms with Gasteiger partial charge in [-0.2, -0.15) is 0 Å². The summed E-state index contributed by atoms with van der Waals surface area (Å²) in [4.78, 5) is 0. The Hall–Kier alpha value is -0.520. The van der Waals surface area contributed by atoms with Crippen LogP contribution in [0, 0.1) is 35.0 Å². The first-order valence-corrected chi connectivity index (χ1v) is 8.36. The van der Waals surface area contributed by atoms with Crippen molar-refractivity contribution in [3.8, 4) is 0 Å². The second-order valence-corrected chi connectivity index (χ2v) is 7.82. The lowest BCUT2D eigenvalue weighted by molar-refractivity contribution is -0.0213. The lowest BCUT2D eigenvalue weighted by Crippen LogP contribution is -2.47. The van der Waals surface area contributed by atoms with Gasteiger partial charge < -0.3 is 0 Å². The summed E-state index contributed by atoms with van der Waals surface area (Å²) in [6, 6.07) is 0. The van der Waals surface area contributed by atoms with E-state index < -0.39 is 0 Å². The van der Waals surface area contributed by atoms with E-state index in [1.165, 1.54) is 49.7 Å². The predicted octanol–water partition coefficient (Wildman–Crippen LogP) is 5.61. The van der Waals surface area contributed by atoms with Crippen molar-refractivity contribution in [2.45, 2.75) is 59.3 Å². The normalized spacial score (nSPS) is 49.9. The van der Waals surface area contributed by atoms with Gasteiger partial charge in [0.1, 0.15) is 0 Å². The third-order valence-corrected chi connectivity index (χ3v) is 7.23. The molecule has 0 amide bonds. The second kappa shape index (κ2) is 4.50. The summed E-state index contributed by atoms with van der Waals surface area (Å²) < 4.78 is 0. The van der Waals surface area contributed by atoms with Gasteiger partial charge in [0, 0.05) is 0 Å². The van der Waals surface area contributed by atoms with Crippen LogP contribution in [0.2, 0.25) is 0 Å². The molecule has 0 heteroatoms. The van der Waals surface area contributed by atoms with E-state index in [9.17, 15) is 0 Å². The Labute approximate surface area is 119 Å². The Morgan fingerprint density at radius 1 is 1.21 bits per heavy atom. The maximum atomic E-state index is 4.43. The van der Waals surface area contributed by atoms with Crippen molar-refractivity contribution >= 4 is 0 Å². The van der Waals surface area contributed by atoms with Gasteiger partial charge in [0.05, 0.1) is 0 Å². The van der Waals surface area contributed by atoms with Crippen LogP contribution >= 0.6 is 0 Å².